The monoisotopic (exact) mass is 204 g/mol. The zero-order chi connectivity index (χ0) is 10.8. The van der Waals surface area contributed by atoms with Crippen LogP contribution in [0.3, 0.4) is 0 Å². The third-order valence-electron chi connectivity index (χ3n) is 2.99. The highest BCUT2D eigenvalue weighted by atomic mass is 19.1. The summed E-state index contributed by atoms with van der Waals surface area (Å²) in [6, 6.07) is 8.10. The van der Waals surface area contributed by atoms with Gasteiger partial charge in [0.15, 0.2) is 0 Å². The molecule has 3 rings (SSSR count). The first-order valence-electron chi connectivity index (χ1n) is 4.93. The minimum Gasteiger partial charge on any atom is -0.364 e. The van der Waals surface area contributed by atoms with Gasteiger partial charge in [0.05, 0.1) is 6.04 Å². The van der Waals surface area contributed by atoms with Crippen LogP contribution in [-0.4, -0.2) is 25.2 Å². The lowest BCUT2D eigenvalue weighted by atomic mass is 9.88. The lowest BCUT2D eigenvalue weighted by Gasteiger charge is -2.57. The molecule has 0 aliphatic carbocycles. The van der Waals surface area contributed by atoms with Gasteiger partial charge in [-0.15, -0.1) is 12.8 Å². The second-order valence-electron chi connectivity index (χ2n) is 3.71. The Hall–Kier alpha value is -1.53. The molecule has 2 heterocycles. The molecule has 1 aromatic rings. The Morgan fingerprint density at radius 3 is 2.67 bits per heavy atom. The summed E-state index contributed by atoms with van der Waals surface area (Å²) in [4.78, 5) is 2.25. The molecule has 2 fully saturated rings. The molecular weight excluding hydrogens is 191 g/mol. The Balaban J connectivity index is 0.000000404. The molecule has 0 amide bonds. The number of piperazine rings is 1. The van der Waals surface area contributed by atoms with E-state index in [2.05, 4.69) is 23.1 Å². The minimum atomic E-state index is -0.145. The summed E-state index contributed by atoms with van der Waals surface area (Å²) >= 11 is 0. The van der Waals surface area contributed by atoms with Crippen LogP contribution in [0.2, 0.25) is 0 Å². The van der Waals surface area contributed by atoms with E-state index in [0.29, 0.717) is 12.1 Å². The second-order valence-corrected chi connectivity index (χ2v) is 3.71. The van der Waals surface area contributed by atoms with Gasteiger partial charge >= 0.3 is 0 Å². The number of anilines is 1. The van der Waals surface area contributed by atoms with Gasteiger partial charge in [0, 0.05) is 24.8 Å². The molecule has 0 radical (unpaired) electrons. The van der Waals surface area contributed by atoms with Crippen molar-refractivity contribution < 1.29 is 4.39 Å². The molecule has 0 spiro atoms. The van der Waals surface area contributed by atoms with Gasteiger partial charge in [-0.3, -0.25) is 0 Å². The molecule has 2 nitrogen and oxygen atoms in total. The number of fused-ring (bicyclic) bond motifs is 1. The van der Waals surface area contributed by atoms with E-state index >= 15 is 0 Å². The summed E-state index contributed by atoms with van der Waals surface area (Å²) < 4.78 is 12.9. The van der Waals surface area contributed by atoms with Crippen molar-refractivity contribution in [2.24, 2.45) is 0 Å². The fourth-order valence-corrected chi connectivity index (χ4v) is 2.06. The minimum absolute atomic E-state index is 0.145. The molecular formula is C12H13FN2. The van der Waals surface area contributed by atoms with Gasteiger partial charge in [-0.1, -0.05) is 6.07 Å². The van der Waals surface area contributed by atoms with E-state index in [0.717, 1.165) is 18.8 Å². The quantitative estimate of drug-likeness (QED) is 0.692. The molecule has 1 N–H and O–H groups in total. The van der Waals surface area contributed by atoms with Crippen LogP contribution in [-0.2, 0) is 0 Å². The SMILES string of the molecule is C#C.Fc1cccc(N2CC3NCC32)c1. The Kier molecular flexibility index (Phi) is 2.61. The second kappa shape index (κ2) is 3.92. The zero-order valence-corrected chi connectivity index (χ0v) is 8.36. The number of rotatable bonds is 1. The summed E-state index contributed by atoms with van der Waals surface area (Å²) in [5.74, 6) is -0.145. The van der Waals surface area contributed by atoms with Crippen LogP contribution in [0.5, 0.6) is 0 Å². The van der Waals surface area contributed by atoms with Crippen LogP contribution in [0.25, 0.3) is 0 Å². The van der Waals surface area contributed by atoms with Crippen LogP contribution >= 0.6 is 0 Å². The van der Waals surface area contributed by atoms with Crippen molar-refractivity contribution in [3.63, 3.8) is 0 Å². The maximum Gasteiger partial charge on any atom is 0.125 e. The summed E-state index contributed by atoms with van der Waals surface area (Å²) in [7, 11) is 0. The molecule has 0 saturated carbocycles. The average molecular weight is 204 g/mol. The van der Waals surface area contributed by atoms with E-state index in [1.165, 1.54) is 6.07 Å². The fourth-order valence-electron chi connectivity index (χ4n) is 2.06. The van der Waals surface area contributed by atoms with Gasteiger partial charge in [-0.05, 0) is 18.2 Å². The van der Waals surface area contributed by atoms with Crippen molar-refractivity contribution in [1.29, 1.82) is 0 Å². The predicted octanol–water partition coefficient (Wildman–Crippen LogP) is 1.24. The summed E-state index contributed by atoms with van der Waals surface area (Å²) in [6.07, 6.45) is 8.00. The normalized spacial score (nSPS) is 26.5. The maximum absolute atomic E-state index is 12.9. The molecule has 1 aromatic carbocycles. The van der Waals surface area contributed by atoms with Gasteiger partial charge in [-0.2, -0.15) is 0 Å². The van der Waals surface area contributed by atoms with Crippen LogP contribution in [0.4, 0.5) is 10.1 Å². The lowest BCUT2D eigenvalue weighted by Crippen LogP contribution is -2.78. The van der Waals surface area contributed by atoms with E-state index in [1.807, 2.05) is 6.07 Å². The molecule has 2 unspecified atom stereocenters. The molecule has 0 aromatic heterocycles. The smallest absolute Gasteiger partial charge is 0.125 e. The van der Waals surface area contributed by atoms with Crippen LogP contribution in [0.15, 0.2) is 24.3 Å². The van der Waals surface area contributed by atoms with Crippen molar-refractivity contribution >= 4 is 5.69 Å². The Morgan fingerprint density at radius 1 is 1.40 bits per heavy atom. The molecule has 0 bridgehead atoms. The fraction of sp³-hybridized carbons (Fsp3) is 0.333. The van der Waals surface area contributed by atoms with Gasteiger partial charge in [0.25, 0.3) is 0 Å². The third-order valence-corrected chi connectivity index (χ3v) is 2.99. The summed E-state index contributed by atoms with van der Waals surface area (Å²) in [5, 5.41) is 3.32. The van der Waals surface area contributed by atoms with Crippen molar-refractivity contribution in [2.45, 2.75) is 12.1 Å². The molecule has 15 heavy (non-hydrogen) atoms. The number of terminal acetylenes is 1. The first-order chi connectivity index (χ1) is 7.34. The highest BCUT2D eigenvalue weighted by Crippen LogP contribution is 2.30. The highest BCUT2D eigenvalue weighted by molar-refractivity contribution is 5.53. The molecule has 2 saturated heterocycles. The number of nitrogens with zero attached hydrogens (tertiary/aromatic N) is 1. The van der Waals surface area contributed by atoms with Crippen LogP contribution < -0.4 is 10.2 Å². The highest BCUT2D eigenvalue weighted by Gasteiger charge is 2.45. The van der Waals surface area contributed by atoms with Crippen LogP contribution in [0, 0.1) is 18.7 Å². The molecule has 2 aliphatic rings. The lowest BCUT2D eigenvalue weighted by molar-refractivity contribution is 0.213. The Morgan fingerprint density at radius 2 is 2.20 bits per heavy atom. The van der Waals surface area contributed by atoms with E-state index in [-0.39, 0.29) is 5.82 Å². The van der Waals surface area contributed by atoms with Gasteiger partial charge in [0.1, 0.15) is 5.82 Å². The Labute approximate surface area is 89.1 Å². The number of nitrogens with one attached hydrogen (secondary N) is 1. The van der Waals surface area contributed by atoms with E-state index < -0.39 is 0 Å². The van der Waals surface area contributed by atoms with Crippen molar-refractivity contribution in [2.75, 3.05) is 18.0 Å². The topological polar surface area (TPSA) is 15.3 Å². The summed E-state index contributed by atoms with van der Waals surface area (Å²) in [5.41, 5.74) is 1.02. The standard InChI is InChI=1S/C10H11FN2.C2H2/c11-7-2-1-3-8(4-7)13-6-9-10(13)5-12-9;1-2/h1-4,9-10,12H,5-6H2;1-2H. The average Bonchev–Trinajstić information content (AvgIpc) is 2.25. The van der Waals surface area contributed by atoms with E-state index in [4.69, 9.17) is 0 Å². The van der Waals surface area contributed by atoms with E-state index in [9.17, 15) is 4.39 Å². The molecule has 3 heteroatoms. The number of halogens is 1. The van der Waals surface area contributed by atoms with Crippen molar-refractivity contribution in [1.82, 2.24) is 5.32 Å². The van der Waals surface area contributed by atoms with Gasteiger partial charge in [0.2, 0.25) is 0 Å². The Bertz CT molecular complexity index is 375. The first kappa shape index (κ1) is 10.0. The van der Waals surface area contributed by atoms with Crippen LogP contribution in [0.1, 0.15) is 0 Å². The predicted molar refractivity (Wildman–Crippen MR) is 59.2 cm³/mol. The molecule has 2 atom stereocenters. The molecule has 78 valence electrons. The summed E-state index contributed by atoms with van der Waals surface area (Å²) in [6.45, 7) is 2.06. The van der Waals surface area contributed by atoms with E-state index in [1.54, 1.807) is 12.1 Å². The van der Waals surface area contributed by atoms with Gasteiger partial charge in [-0.25, -0.2) is 4.39 Å². The first-order valence-corrected chi connectivity index (χ1v) is 4.93. The van der Waals surface area contributed by atoms with Crippen molar-refractivity contribution in [3.05, 3.63) is 30.1 Å². The zero-order valence-electron chi connectivity index (χ0n) is 8.36. The third kappa shape index (κ3) is 1.57. The molecule has 2 aliphatic heterocycles. The number of hydrogen-bond donors (Lipinski definition) is 1. The van der Waals surface area contributed by atoms with Gasteiger partial charge < -0.3 is 10.2 Å². The van der Waals surface area contributed by atoms with Crippen molar-refractivity contribution in [3.8, 4) is 12.8 Å². The number of benzene rings is 1. The number of hydrogen-bond acceptors (Lipinski definition) is 2. The largest absolute Gasteiger partial charge is 0.364 e. The maximum atomic E-state index is 12.9.